The van der Waals surface area contributed by atoms with Crippen molar-refractivity contribution in [1.29, 1.82) is 0 Å². The molecule has 1 aliphatic rings. The maximum atomic E-state index is 13.3. The molecule has 1 saturated carbocycles. The van der Waals surface area contributed by atoms with Gasteiger partial charge in [0.2, 0.25) is 5.91 Å². The van der Waals surface area contributed by atoms with Gasteiger partial charge < -0.3 is 11.1 Å². The summed E-state index contributed by atoms with van der Waals surface area (Å²) in [6.45, 7) is 1.76. The average molecular weight is 329 g/mol. The van der Waals surface area contributed by atoms with Crippen molar-refractivity contribution in [3.05, 3.63) is 28.0 Å². The Labute approximate surface area is 120 Å². The highest BCUT2D eigenvalue weighted by Crippen LogP contribution is 2.29. The summed E-state index contributed by atoms with van der Waals surface area (Å²) < 4.78 is 13.7. The lowest BCUT2D eigenvalue weighted by Crippen LogP contribution is -2.52. The van der Waals surface area contributed by atoms with Crippen LogP contribution < -0.4 is 11.1 Å². The van der Waals surface area contributed by atoms with E-state index in [-0.39, 0.29) is 11.7 Å². The van der Waals surface area contributed by atoms with E-state index in [1.807, 2.05) is 0 Å². The molecule has 0 aliphatic heterocycles. The lowest BCUT2D eigenvalue weighted by atomic mass is 9.82. The molecule has 0 radical (unpaired) electrons. The SMILES string of the molecule is Cc1cc(F)c(Br)cc1NC(=O)C1(N)CCCCC1. The van der Waals surface area contributed by atoms with Crippen LogP contribution in [-0.2, 0) is 4.79 Å². The van der Waals surface area contributed by atoms with Crippen molar-refractivity contribution in [2.75, 3.05) is 5.32 Å². The molecule has 0 saturated heterocycles. The van der Waals surface area contributed by atoms with E-state index in [1.54, 1.807) is 13.0 Å². The molecule has 104 valence electrons. The van der Waals surface area contributed by atoms with Gasteiger partial charge in [0, 0.05) is 5.69 Å². The summed E-state index contributed by atoms with van der Waals surface area (Å²) in [6, 6.07) is 2.97. The standard InChI is InChI=1S/C14H18BrFN2O/c1-9-7-11(16)10(15)8-12(9)18-13(19)14(17)5-3-2-4-6-14/h7-8H,2-6,17H2,1H3,(H,18,19). The molecule has 0 atom stereocenters. The first kappa shape index (κ1) is 14.5. The van der Waals surface area contributed by atoms with Crippen molar-refractivity contribution in [2.45, 2.75) is 44.6 Å². The van der Waals surface area contributed by atoms with Gasteiger partial charge in [-0.25, -0.2) is 4.39 Å². The zero-order valence-electron chi connectivity index (χ0n) is 10.9. The molecule has 1 fully saturated rings. The van der Waals surface area contributed by atoms with Gasteiger partial charge in [-0.2, -0.15) is 0 Å². The highest BCUT2D eigenvalue weighted by atomic mass is 79.9. The molecule has 5 heteroatoms. The fourth-order valence-corrected chi connectivity index (χ4v) is 2.78. The van der Waals surface area contributed by atoms with Crippen LogP contribution in [0, 0.1) is 12.7 Å². The lowest BCUT2D eigenvalue weighted by molar-refractivity contribution is -0.122. The van der Waals surface area contributed by atoms with Crippen molar-refractivity contribution < 1.29 is 9.18 Å². The van der Waals surface area contributed by atoms with E-state index in [1.165, 1.54) is 6.07 Å². The lowest BCUT2D eigenvalue weighted by Gasteiger charge is -2.32. The minimum absolute atomic E-state index is 0.172. The molecule has 0 aromatic heterocycles. The quantitative estimate of drug-likeness (QED) is 0.873. The van der Waals surface area contributed by atoms with E-state index in [0.29, 0.717) is 28.6 Å². The minimum atomic E-state index is -0.786. The van der Waals surface area contributed by atoms with Crippen molar-refractivity contribution >= 4 is 27.5 Å². The zero-order chi connectivity index (χ0) is 14.0. The van der Waals surface area contributed by atoms with E-state index in [2.05, 4.69) is 21.2 Å². The number of nitrogens with two attached hydrogens (primary N) is 1. The Hall–Kier alpha value is -0.940. The number of amides is 1. The average Bonchev–Trinajstić information content (AvgIpc) is 2.36. The fraction of sp³-hybridized carbons (Fsp3) is 0.500. The third-order valence-electron chi connectivity index (χ3n) is 3.71. The Morgan fingerprint density at radius 3 is 2.63 bits per heavy atom. The number of nitrogens with one attached hydrogen (secondary N) is 1. The second kappa shape index (κ2) is 5.59. The monoisotopic (exact) mass is 328 g/mol. The van der Waals surface area contributed by atoms with Gasteiger partial charge in [0.1, 0.15) is 5.82 Å². The van der Waals surface area contributed by atoms with E-state index in [0.717, 1.165) is 19.3 Å². The number of halogens is 2. The third kappa shape index (κ3) is 3.15. The number of aryl methyl sites for hydroxylation is 1. The van der Waals surface area contributed by atoms with Crippen LogP contribution in [0.2, 0.25) is 0 Å². The van der Waals surface area contributed by atoms with Crippen molar-refractivity contribution in [1.82, 2.24) is 0 Å². The molecule has 0 heterocycles. The van der Waals surface area contributed by atoms with Gasteiger partial charge in [0.25, 0.3) is 0 Å². The van der Waals surface area contributed by atoms with Crippen molar-refractivity contribution in [3.63, 3.8) is 0 Å². The number of hydrogen-bond acceptors (Lipinski definition) is 2. The normalized spacial score (nSPS) is 18.1. The summed E-state index contributed by atoms with van der Waals surface area (Å²) >= 11 is 3.12. The van der Waals surface area contributed by atoms with Gasteiger partial charge in [-0.05, 0) is 53.4 Å². The van der Waals surface area contributed by atoms with E-state index >= 15 is 0 Å². The smallest absolute Gasteiger partial charge is 0.244 e. The largest absolute Gasteiger partial charge is 0.324 e. The molecule has 0 spiro atoms. The molecule has 1 amide bonds. The summed E-state index contributed by atoms with van der Waals surface area (Å²) in [7, 11) is 0. The Morgan fingerprint density at radius 2 is 2.00 bits per heavy atom. The Kier molecular flexibility index (Phi) is 4.26. The molecule has 1 aromatic rings. The molecule has 0 bridgehead atoms. The summed E-state index contributed by atoms with van der Waals surface area (Å²) in [5.41, 5.74) is 6.68. The van der Waals surface area contributed by atoms with Crippen LogP contribution in [0.3, 0.4) is 0 Å². The van der Waals surface area contributed by atoms with Gasteiger partial charge in [-0.15, -0.1) is 0 Å². The number of anilines is 1. The van der Waals surface area contributed by atoms with Crippen LogP contribution in [0.1, 0.15) is 37.7 Å². The molecule has 2 rings (SSSR count). The van der Waals surface area contributed by atoms with Crippen LogP contribution in [-0.4, -0.2) is 11.4 Å². The fourth-order valence-electron chi connectivity index (χ4n) is 2.44. The van der Waals surface area contributed by atoms with Crippen molar-refractivity contribution in [2.24, 2.45) is 5.73 Å². The Bertz CT molecular complexity index is 498. The summed E-state index contributed by atoms with van der Waals surface area (Å²) in [5, 5.41) is 2.83. The molecular weight excluding hydrogens is 311 g/mol. The first-order valence-corrected chi connectivity index (χ1v) is 7.28. The van der Waals surface area contributed by atoms with Gasteiger partial charge in [-0.3, -0.25) is 4.79 Å². The number of carbonyl (C=O) groups is 1. The zero-order valence-corrected chi connectivity index (χ0v) is 12.5. The molecule has 19 heavy (non-hydrogen) atoms. The Morgan fingerprint density at radius 1 is 1.37 bits per heavy atom. The highest BCUT2D eigenvalue weighted by molar-refractivity contribution is 9.10. The van der Waals surface area contributed by atoms with Crippen LogP contribution in [0.5, 0.6) is 0 Å². The van der Waals surface area contributed by atoms with Crippen LogP contribution in [0.25, 0.3) is 0 Å². The topological polar surface area (TPSA) is 55.1 Å². The van der Waals surface area contributed by atoms with Crippen molar-refractivity contribution in [3.8, 4) is 0 Å². The van der Waals surface area contributed by atoms with Crippen LogP contribution in [0.15, 0.2) is 16.6 Å². The second-order valence-electron chi connectivity index (χ2n) is 5.25. The summed E-state index contributed by atoms with van der Waals surface area (Å²) in [4.78, 5) is 12.3. The summed E-state index contributed by atoms with van der Waals surface area (Å²) in [5.74, 6) is -0.510. The minimum Gasteiger partial charge on any atom is -0.324 e. The van der Waals surface area contributed by atoms with Gasteiger partial charge in [-0.1, -0.05) is 19.3 Å². The van der Waals surface area contributed by atoms with Gasteiger partial charge in [0.05, 0.1) is 10.0 Å². The summed E-state index contributed by atoms with van der Waals surface area (Å²) in [6.07, 6.45) is 4.51. The third-order valence-corrected chi connectivity index (χ3v) is 4.32. The predicted octanol–water partition coefficient (Wildman–Crippen LogP) is 3.50. The second-order valence-corrected chi connectivity index (χ2v) is 6.11. The molecule has 3 nitrogen and oxygen atoms in total. The van der Waals surface area contributed by atoms with E-state index < -0.39 is 5.54 Å². The highest BCUT2D eigenvalue weighted by Gasteiger charge is 2.35. The maximum absolute atomic E-state index is 13.3. The van der Waals surface area contributed by atoms with Crippen LogP contribution in [0.4, 0.5) is 10.1 Å². The number of hydrogen-bond donors (Lipinski definition) is 2. The van der Waals surface area contributed by atoms with Crippen LogP contribution >= 0.6 is 15.9 Å². The number of rotatable bonds is 2. The van der Waals surface area contributed by atoms with Gasteiger partial charge in [0.15, 0.2) is 0 Å². The predicted molar refractivity (Wildman–Crippen MR) is 77.5 cm³/mol. The first-order chi connectivity index (χ1) is 8.92. The number of carbonyl (C=O) groups excluding carboxylic acids is 1. The molecule has 1 aromatic carbocycles. The van der Waals surface area contributed by atoms with E-state index in [4.69, 9.17) is 5.73 Å². The number of benzene rings is 1. The first-order valence-electron chi connectivity index (χ1n) is 6.48. The molecule has 0 unspecified atom stereocenters. The Balaban J connectivity index is 2.16. The molecule has 1 aliphatic carbocycles. The van der Waals surface area contributed by atoms with Gasteiger partial charge >= 0.3 is 0 Å². The molecular formula is C14H18BrFN2O. The van der Waals surface area contributed by atoms with E-state index in [9.17, 15) is 9.18 Å². The maximum Gasteiger partial charge on any atom is 0.244 e. The molecule has 3 N–H and O–H groups in total.